The van der Waals surface area contributed by atoms with Crippen molar-refractivity contribution in [1.29, 1.82) is 0 Å². The van der Waals surface area contributed by atoms with Crippen LogP contribution in [-0.2, 0) is 14.8 Å². The van der Waals surface area contributed by atoms with Crippen LogP contribution in [-0.4, -0.2) is 29.9 Å². The summed E-state index contributed by atoms with van der Waals surface area (Å²) >= 11 is 11.2. The number of aromatic nitrogens is 2. The maximum absolute atomic E-state index is 12.2. The molecule has 0 saturated carbocycles. The van der Waals surface area contributed by atoms with Gasteiger partial charge in [0.25, 0.3) is 10.0 Å². The van der Waals surface area contributed by atoms with E-state index in [1.165, 1.54) is 43.3 Å². The molecule has 7 nitrogen and oxygen atoms in total. The highest BCUT2D eigenvalue weighted by molar-refractivity contribution is 7.92. The molecule has 0 aliphatic carbocycles. The van der Waals surface area contributed by atoms with Crippen molar-refractivity contribution in [3.63, 3.8) is 0 Å². The fourth-order valence-electron chi connectivity index (χ4n) is 1.53. The summed E-state index contributed by atoms with van der Waals surface area (Å²) in [5, 5.41) is 9.19. The summed E-state index contributed by atoms with van der Waals surface area (Å²) in [5.41, 5.74) is 0.438. The van der Waals surface area contributed by atoms with Crippen LogP contribution in [0, 0.1) is 0 Å². The third-order valence-corrected chi connectivity index (χ3v) is 4.43. The Balaban J connectivity index is 2.14. The molecule has 1 atom stereocenters. The first-order valence-electron chi connectivity index (χ1n) is 6.35. The molecule has 2 N–H and O–H groups in total. The van der Waals surface area contributed by atoms with E-state index in [2.05, 4.69) is 20.2 Å². The summed E-state index contributed by atoms with van der Waals surface area (Å²) in [4.78, 5) is 11.5. The Labute approximate surface area is 143 Å². The van der Waals surface area contributed by atoms with E-state index < -0.39 is 15.4 Å². The van der Waals surface area contributed by atoms with Gasteiger partial charge in [0.15, 0.2) is 11.0 Å². The van der Waals surface area contributed by atoms with Crippen molar-refractivity contribution >= 4 is 50.6 Å². The van der Waals surface area contributed by atoms with Crippen LogP contribution in [0.5, 0.6) is 0 Å². The third kappa shape index (κ3) is 4.78. The topological polar surface area (TPSA) is 101 Å². The van der Waals surface area contributed by atoms with Gasteiger partial charge in [-0.1, -0.05) is 11.6 Å². The second kappa shape index (κ2) is 7.12. The molecule has 1 amide bonds. The number of sulfonamides is 1. The van der Waals surface area contributed by atoms with Gasteiger partial charge in [0.1, 0.15) is 5.38 Å². The van der Waals surface area contributed by atoms with Gasteiger partial charge >= 0.3 is 0 Å². The molecule has 1 heterocycles. The number of nitrogens with one attached hydrogen (secondary N) is 2. The zero-order valence-electron chi connectivity index (χ0n) is 11.8. The number of hydrogen-bond acceptors (Lipinski definition) is 5. The predicted octanol–water partition coefficient (Wildman–Crippen LogP) is 2.50. The van der Waals surface area contributed by atoms with E-state index in [4.69, 9.17) is 23.2 Å². The minimum atomic E-state index is -3.82. The lowest BCUT2D eigenvalue weighted by atomic mass is 10.3. The zero-order chi connectivity index (χ0) is 17.0. The number of benzene rings is 1. The van der Waals surface area contributed by atoms with E-state index in [-0.39, 0.29) is 21.8 Å². The van der Waals surface area contributed by atoms with Crippen molar-refractivity contribution in [1.82, 2.24) is 10.2 Å². The lowest BCUT2D eigenvalue weighted by Gasteiger charge is -2.09. The van der Waals surface area contributed by atoms with Crippen LogP contribution in [0.1, 0.15) is 6.92 Å². The van der Waals surface area contributed by atoms with Gasteiger partial charge in [0.2, 0.25) is 5.91 Å². The lowest BCUT2D eigenvalue weighted by Crippen LogP contribution is -2.20. The van der Waals surface area contributed by atoms with Crippen molar-refractivity contribution < 1.29 is 13.2 Å². The molecule has 0 spiro atoms. The molecular weight excluding hydrogens is 363 g/mol. The molecule has 0 aliphatic heterocycles. The Morgan fingerprint density at radius 2 is 1.78 bits per heavy atom. The number of halogens is 2. The first kappa shape index (κ1) is 17.5. The number of hydrogen-bond donors (Lipinski definition) is 2. The maximum Gasteiger partial charge on any atom is 0.263 e. The van der Waals surface area contributed by atoms with Crippen molar-refractivity contribution in [2.45, 2.75) is 17.2 Å². The lowest BCUT2D eigenvalue weighted by molar-refractivity contribution is -0.115. The summed E-state index contributed by atoms with van der Waals surface area (Å²) in [5.74, 6) is -0.334. The fourth-order valence-corrected chi connectivity index (χ4v) is 2.68. The second-order valence-corrected chi connectivity index (χ2v) is 7.20. The molecule has 10 heteroatoms. The average Bonchev–Trinajstić information content (AvgIpc) is 2.50. The average molecular weight is 375 g/mol. The molecule has 2 rings (SSSR count). The molecule has 23 heavy (non-hydrogen) atoms. The highest BCUT2D eigenvalue weighted by Gasteiger charge is 2.16. The number of carbonyl (C=O) groups is 1. The van der Waals surface area contributed by atoms with Crippen molar-refractivity contribution in [2.75, 3.05) is 10.0 Å². The summed E-state index contributed by atoms with van der Waals surface area (Å²) in [6, 6.07) is 8.42. The fraction of sp³-hybridized carbons (Fsp3) is 0.154. The smallest absolute Gasteiger partial charge is 0.263 e. The highest BCUT2D eigenvalue weighted by Crippen LogP contribution is 2.18. The second-order valence-electron chi connectivity index (χ2n) is 4.48. The van der Waals surface area contributed by atoms with Gasteiger partial charge in [-0.25, -0.2) is 8.42 Å². The van der Waals surface area contributed by atoms with E-state index in [0.717, 1.165) is 0 Å². The molecular formula is C13H12Cl2N4O3S. The third-order valence-electron chi connectivity index (χ3n) is 2.66. The number of amides is 1. The van der Waals surface area contributed by atoms with Gasteiger partial charge in [-0.3, -0.25) is 9.52 Å². The van der Waals surface area contributed by atoms with Crippen LogP contribution in [0.2, 0.25) is 5.15 Å². The molecule has 0 unspecified atom stereocenters. The largest absolute Gasteiger partial charge is 0.325 e. The van der Waals surface area contributed by atoms with Crippen LogP contribution in [0.4, 0.5) is 11.5 Å². The molecule has 0 saturated heterocycles. The molecule has 0 bridgehead atoms. The number of rotatable bonds is 5. The van der Waals surface area contributed by atoms with Crippen LogP contribution >= 0.6 is 23.2 Å². The summed E-state index contributed by atoms with van der Waals surface area (Å²) < 4.78 is 26.7. The molecule has 2 aromatic rings. The summed E-state index contributed by atoms with van der Waals surface area (Å²) in [6.07, 6.45) is 0. The van der Waals surface area contributed by atoms with Gasteiger partial charge in [-0.15, -0.1) is 21.8 Å². The number of alkyl halides is 1. The van der Waals surface area contributed by atoms with Gasteiger partial charge in [0, 0.05) is 5.69 Å². The Bertz CT molecular complexity index is 793. The number of anilines is 2. The Kier molecular flexibility index (Phi) is 5.40. The van der Waals surface area contributed by atoms with Gasteiger partial charge in [-0.05, 0) is 43.3 Å². The monoisotopic (exact) mass is 374 g/mol. The van der Waals surface area contributed by atoms with Crippen LogP contribution in [0.15, 0.2) is 41.3 Å². The summed E-state index contributed by atoms with van der Waals surface area (Å²) in [7, 11) is -3.82. The van der Waals surface area contributed by atoms with E-state index in [0.29, 0.717) is 5.69 Å². The first-order chi connectivity index (χ1) is 10.8. The van der Waals surface area contributed by atoms with Gasteiger partial charge < -0.3 is 5.32 Å². The van der Waals surface area contributed by atoms with Crippen LogP contribution in [0.25, 0.3) is 0 Å². The SMILES string of the molecule is C[C@H](Cl)C(=O)Nc1ccc(S(=O)(=O)Nc2ccc(Cl)nn2)cc1. The molecule has 0 fully saturated rings. The van der Waals surface area contributed by atoms with E-state index in [1.54, 1.807) is 0 Å². The molecule has 1 aromatic heterocycles. The van der Waals surface area contributed by atoms with E-state index in [9.17, 15) is 13.2 Å². The molecule has 122 valence electrons. The Morgan fingerprint density at radius 3 is 2.30 bits per heavy atom. The van der Waals surface area contributed by atoms with Crippen LogP contribution in [0.3, 0.4) is 0 Å². The van der Waals surface area contributed by atoms with Crippen molar-refractivity contribution in [3.05, 3.63) is 41.6 Å². The number of nitrogens with zero attached hydrogens (tertiary/aromatic N) is 2. The highest BCUT2D eigenvalue weighted by atomic mass is 35.5. The Morgan fingerprint density at radius 1 is 1.13 bits per heavy atom. The van der Waals surface area contributed by atoms with E-state index in [1.807, 2.05) is 0 Å². The molecule has 0 radical (unpaired) electrons. The van der Waals surface area contributed by atoms with Crippen LogP contribution < -0.4 is 10.0 Å². The Hall–Kier alpha value is -1.90. The van der Waals surface area contributed by atoms with Gasteiger partial charge in [0.05, 0.1) is 4.90 Å². The van der Waals surface area contributed by atoms with Crippen molar-refractivity contribution in [2.24, 2.45) is 0 Å². The van der Waals surface area contributed by atoms with Gasteiger partial charge in [-0.2, -0.15) is 0 Å². The zero-order valence-corrected chi connectivity index (χ0v) is 14.2. The molecule has 0 aliphatic rings. The molecule has 1 aromatic carbocycles. The van der Waals surface area contributed by atoms with Crippen molar-refractivity contribution in [3.8, 4) is 0 Å². The number of carbonyl (C=O) groups excluding carboxylic acids is 1. The first-order valence-corrected chi connectivity index (χ1v) is 8.65. The minimum absolute atomic E-state index is 0.00571. The quantitative estimate of drug-likeness (QED) is 0.782. The maximum atomic E-state index is 12.2. The predicted molar refractivity (Wildman–Crippen MR) is 88.2 cm³/mol. The minimum Gasteiger partial charge on any atom is -0.325 e. The standard InChI is InChI=1S/C13H12Cl2N4O3S/c1-8(14)13(20)16-9-2-4-10(5-3-9)23(21,22)19-12-7-6-11(15)17-18-12/h2-8H,1H3,(H,16,20)(H,18,19)/t8-/m0/s1. The summed E-state index contributed by atoms with van der Waals surface area (Å²) in [6.45, 7) is 1.53. The normalized spacial score (nSPS) is 12.5. The van der Waals surface area contributed by atoms with E-state index >= 15 is 0 Å².